The molecule has 1 N–H and O–H groups in total. The van der Waals surface area contributed by atoms with E-state index in [0.29, 0.717) is 6.42 Å². The number of nitrogens with one attached hydrogen (secondary N) is 1. The molecule has 0 aromatic carbocycles. The zero-order valence-corrected chi connectivity index (χ0v) is 8.41. The maximum atomic E-state index is 11.1. The number of terminal acetylenes is 1. The lowest BCUT2D eigenvalue weighted by molar-refractivity contribution is -0.121. The minimum Gasteiger partial charge on any atom is -0.342 e. The van der Waals surface area contributed by atoms with Crippen molar-refractivity contribution in [1.82, 2.24) is 5.32 Å². The van der Waals surface area contributed by atoms with E-state index in [1.807, 2.05) is 13.2 Å². The molecule has 0 bridgehead atoms. The van der Waals surface area contributed by atoms with Crippen LogP contribution in [0.4, 0.5) is 0 Å². The largest absolute Gasteiger partial charge is 0.342 e. The van der Waals surface area contributed by atoms with E-state index in [2.05, 4.69) is 11.2 Å². The molecular formula is C9H15NOS. The SMILES string of the molecule is C#CC(CC)NC(=O)CCSC. The van der Waals surface area contributed by atoms with Crippen molar-refractivity contribution in [3.05, 3.63) is 0 Å². The number of rotatable bonds is 5. The summed E-state index contributed by atoms with van der Waals surface area (Å²) < 4.78 is 0. The van der Waals surface area contributed by atoms with Crippen LogP contribution in [0.15, 0.2) is 0 Å². The summed E-state index contributed by atoms with van der Waals surface area (Å²) >= 11 is 1.66. The fraction of sp³-hybridized carbons (Fsp3) is 0.667. The second kappa shape index (κ2) is 7.05. The molecule has 0 aliphatic heterocycles. The summed E-state index contributed by atoms with van der Waals surface area (Å²) in [5, 5.41) is 2.76. The number of amides is 1. The summed E-state index contributed by atoms with van der Waals surface area (Å²) in [5.74, 6) is 3.42. The molecule has 1 unspecified atom stereocenters. The van der Waals surface area contributed by atoms with Crippen molar-refractivity contribution in [2.75, 3.05) is 12.0 Å². The molecule has 0 aromatic heterocycles. The monoisotopic (exact) mass is 185 g/mol. The van der Waals surface area contributed by atoms with Gasteiger partial charge in [-0.15, -0.1) is 6.42 Å². The van der Waals surface area contributed by atoms with Gasteiger partial charge >= 0.3 is 0 Å². The van der Waals surface area contributed by atoms with Crippen LogP contribution in [-0.4, -0.2) is 24.0 Å². The lowest BCUT2D eigenvalue weighted by atomic mass is 10.2. The van der Waals surface area contributed by atoms with Gasteiger partial charge in [0.1, 0.15) is 0 Å². The molecular weight excluding hydrogens is 170 g/mol. The van der Waals surface area contributed by atoms with E-state index in [1.54, 1.807) is 11.8 Å². The van der Waals surface area contributed by atoms with Gasteiger partial charge in [0.15, 0.2) is 0 Å². The van der Waals surface area contributed by atoms with Gasteiger partial charge < -0.3 is 5.32 Å². The van der Waals surface area contributed by atoms with E-state index in [9.17, 15) is 4.79 Å². The van der Waals surface area contributed by atoms with E-state index in [-0.39, 0.29) is 11.9 Å². The topological polar surface area (TPSA) is 29.1 Å². The van der Waals surface area contributed by atoms with Crippen molar-refractivity contribution in [2.24, 2.45) is 0 Å². The van der Waals surface area contributed by atoms with Gasteiger partial charge in [-0.05, 0) is 12.7 Å². The molecule has 12 heavy (non-hydrogen) atoms. The fourth-order valence-electron chi connectivity index (χ4n) is 0.723. The summed E-state index contributed by atoms with van der Waals surface area (Å²) in [6, 6.07) is -0.0978. The van der Waals surface area contributed by atoms with Crippen LogP contribution in [0, 0.1) is 12.3 Å². The zero-order valence-electron chi connectivity index (χ0n) is 7.59. The van der Waals surface area contributed by atoms with Crippen LogP contribution >= 0.6 is 11.8 Å². The van der Waals surface area contributed by atoms with E-state index in [1.165, 1.54) is 0 Å². The fourth-order valence-corrected chi connectivity index (χ4v) is 1.11. The maximum Gasteiger partial charge on any atom is 0.221 e. The number of hydrogen-bond acceptors (Lipinski definition) is 2. The highest BCUT2D eigenvalue weighted by Gasteiger charge is 2.05. The van der Waals surface area contributed by atoms with Crippen molar-refractivity contribution < 1.29 is 4.79 Å². The van der Waals surface area contributed by atoms with Crippen molar-refractivity contribution in [3.8, 4) is 12.3 Å². The Morgan fingerprint density at radius 3 is 2.83 bits per heavy atom. The number of hydrogen-bond donors (Lipinski definition) is 1. The van der Waals surface area contributed by atoms with Crippen molar-refractivity contribution in [1.29, 1.82) is 0 Å². The first-order valence-electron chi connectivity index (χ1n) is 3.99. The van der Waals surface area contributed by atoms with Gasteiger partial charge in [-0.25, -0.2) is 0 Å². The summed E-state index contributed by atoms with van der Waals surface area (Å²) in [6.07, 6.45) is 8.52. The molecule has 0 saturated carbocycles. The maximum absolute atomic E-state index is 11.1. The van der Waals surface area contributed by atoms with Gasteiger partial charge in [0.25, 0.3) is 0 Å². The van der Waals surface area contributed by atoms with E-state index in [0.717, 1.165) is 12.2 Å². The Hall–Kier alpha value is -0.620. The third-order valence-electron chi connectivity index (χ3n) is 1.48. The third-order valence-corrected chi connectivity index (χ3v) is 2.09. The Bertz CT molecular complexity index is 174. The predicted molar refractivity (Wildman–Crippen MR) is 54.1 cm³/mol. The number of carbonyl (C=O) groups is 1. The molecule has 1 amide bonds. The molecule has 2 nitrogen and oxygen atoms in total. The van der Waals surface area contributed by atoms with Crippen LogP contribution in [0.25, 0.3) is 0 Å². The molecule has 0 heterocycles. The number of thioether (sulfide) groups is 1. The Balaban J connectivity index is 3.61. The first-order valence-corrected chi connectivity index (χ1v) is 5.38. The molecule has 0 aliphatic rings. The Morgan fingerprint density at radius 2 is 2.42 bits per heavy atom. The van der Waals surface area contributed by atoms with Crippen LogP contribution in [0.1, 0.15) is 19.8 Å². The van der Waals surface area contributed by atoms with Gasteiger partial charge in [0.05, 0.1) is 6.04 Å². The van der Waals surface area contributed by atoms with Crippen molar-refractivity contribution in [3.63, 3.8) is 0 Å². The molecule has 0 aromatic rings. The van der Waals surface area contributed by atoms with E-state index in [4.69, 9.17) is 6.42 Å². The zero-order chi connectivity index (χ0) is 9.40. The molecule has 0 radical (unpaired) electrons. The first kappa shape index (κ1) is 11.4. The molecule has 3 heteroatoms. The molecule has 0 rings (SSSR count). The van der Waals surface area contributed by atoms with Crippen LogP contribution in [0.5, 0.6) is 0 Å². The minimum atomic E-state index is -0.0978. The average molecular weight is 185 g/mol. The summed E-state index contributed by atoms with van der Waals surface area (Å²) in [6.45, 7) is 1.96. The van der Waals surface area contributed by atoms with Crippen LogP contribution < -0.4 is 5.32 Å². The van der Waals surface area contributed by atoms with Crippen LogP contribution in [0.3, 0.4) is 0 Å². The average Bonchev–Trinajstić information content (AvgIpc) is 2.10. The summed E-state index contributed by atoms with van der Waals surface area (Å²) in [5.41, 5.74) is 0. The summed E-state index contributed by atoms with van der Waals surface area (Å²) in [7, 11) is 0. The highest BCUT2D eigenvalue weighted by molar-refractivity contribution is 7.98. The molecule has 0 spiro atoms. The van der Waals surface area contributed by atoms with Gasteiger partial charge in [-0.2, -0.15) is 11.8 Å². The van der Waals surface area contributed by atoms with E-state index >= 15 is 0 Å². The van der Waals surface area contributed by atoms with Gasteiger partial charge in [-0.3, -0.25) is 4.79 Å². The molecule has 1 atom stereocenters. The van der Waals surface area contributed by atoms with Crippen LogP contribution in [-0.2, 0) is 4.79 Å². The van der Waals surface area contributed by atoms with Crippen molar-refractivity contribution in [2.45, 2.75) is 25.8 Å². The molecule has 0 saturated heterocycles. The quantitative estimate of drug-likeness (QED) is 0.653. The van der Waals surface area contributed by atoms with Gasteiger partial charge in [0, 0.05) is 12.2 Å². The molecule has 0 aliphatic carbocycles. The van der Waals surface area contributed by atoms with Crippen LogP contribution in [0.2, 0.25) is 0 Å². The van der Waals surface area contributed by atoms with Crippen molar-refractivity contribution >= 4 is 17.7 Å². The van der Waals surface area contributed by atoms with Gasteiger partial charge in [-0.1, -0.05) is 12.8 Å². The van der Waals surface area contributed by atoms with Gasteiger partial charge in [0.2, 0.25) is 5.91 Å². The number of carbonyl (C=O) groups excluding carboxylic acids is 1. The Labute approximate surface area is 78.5 Å². The lowest BCUT2D eigenvalue weighted by Gasteiger charge is -2.09. The lowest BCUT2D eigenvalue weighted by Crippen LogP contribution is -2.33. The van der Waals surface area contributed by atoms with E-state index < -0.39 is 0 Å². The molecule has 68 valence electrons. The second-order valence-corrected chi connectivity index (χ2v) is 3.42. The summed E-state index contributed by atoms with van der Waals surface area (Å²) in [4.78, 5) is 11.1. The minimum absolute atomic E-state index is 0.0501. The smallest absolute Gasteiger partial charge is 0.221 e. The molecule has 0 fully saturated rings. The highest BCUT2D eigenvalue weighted by atomic mass is 32.2. The highest BCUT2D eigenvalue weighted by Crippen LogP contribution is 1.96. The third kappa shape index (κ3) is 5.09. The Morgan fingerprint density at radius 1 is 1.75 bits per heavy atom. The normalized spacial score (nSPS) is 11.8. The first-order chi connectivity index (χ1) is 5.74. The predicted octanol–water partition coefficient (Wildman–Crippen LogP) is 1.27. The Kier molecular flexibility index (Phi) is 6.69. The standard InChI is InChI=1S/C9H15NOS/c1-4-8(5-2)10-9(11)6-7-12-3/h1,8H,5-7H2,2-3H3,(H,10,11). The second-order valence-electron chi connectivity index (χ2n) is 2.44.